The van der Waals surface area contributed by atoms with E-state index < -0.39 is 0 Å². The van der Waals surface area contributed by atoms with Gasteiger partial charge in [-0.2, -0.15) is 0 Å². The van der Waals surface area contributed by atoms with E-state index in [1.807, 2.05) is 11.3 Å². The zero-order valence-electron chi connectivity index (χ0n) is 43.6. The monoisotopic (exact) mass is 947 g/mol. The topological polar surface area (TPSA) is 19.6 Å². The van der Waals surface area contributed by atoms with Crippen LogP contribution in [-0.2, 0) is 28.1 Å². The number of aryl methyl sites for hydroxylation is 1. The standard InChI is InChI=1S/C66H67BN2OS/c1-11-12-20-39-25-26-51(43(31-39)40-21-14-13-15-22-40)69-52-38-57-44(45-35-47-48(36-56(45)71-57)64(7,8)30-29-63(47,5)6)34-46(52)59-58-42-23-16-17-24-54(42)70-55(58)37-53-60(59)67(69)50-33-41(62(2,3)4)32-49-61(50)68(53)66(10)28-19-18-27-65(49,66)9/h13-17,21-26,31-38H,11-12,18-20,27-30H2,1-10H3. The van der Waals surface area contributed by atoms with Gasteiger partial charge in [-0.25, -0.2) is 0 Å². The van der Waals surface area contributed by atoms with E-state index in [0.717, 1.165) is 24.0 Å². The lowest BCUT2D eigenvalue weighted by Gasteiger charge is -2.53. The number of anilines is 4. The maximum Gasteiger partial charge on any atom is 0.333 e. The number of nitrogens with zero attached hydrogens (tertiary/aromatic N) is 2. The molecule has 0 radical (unpaired) electrons. The molecule has 356 valence electrons. The highest BCUT2D eigenvalue weighted by molar-refractivity contribution is 7.26. The zero-order valence-corrected chi connectivity index (χ0v) is 44.4. The highest BCUT2D eigenvalue weighted by atomic mass is 32.1. The molecule has 5 heteroatoms. The van der Waals surface area contributed by atoms with Crippen molar-refractivity contribution in [2.24, 2.45) is 0 Å². The molecule has 5 heterocycles. The van der Waals surface area contributed by atoms with Crippen molar-refractivity contribution >= 4 is 94.0 Å². The van der Waals surface area contributed by atoms with Gasteiger partial charge < -0.3 is 14.1 Å². The molecule has 71 heavy (non-hydrogen) atoms. The number of furan rings is 1. The second-order valence-corrected chi connectivity index (χ2v) is 26.3. The van der Waals surface area contributed by atoms with Crippen LogP contribution in [0.25, 0.3) is 64.4 Å². The van der Waals surface area contributed by atoms with Crippen LogP contribution in [0.3, 0.4) is 0 Å². The van der Waals surface area contributed by atoms with Crippen LogP contribution in [0.2, 0.25) is 0 Å². The molecule has 2 atom stereocenters. The van der Waals surface area contributed by atoms with Gasteiger partial charge >= 0.3 is 6.85 Å². The smallest absolute Gasteiger partial charge is 0.333 e. The maximum absolute atomic E-state index is 7.13. The zero-order chi connectivity index (χ0) is 48.7. The van der Waals surface area contributed by atoms with Crippen LogP contribution in [0.4, 0.5) is 22.7 Å². The second kappa shape index (κ2) is 14.7. The normalized spacial score (nSPS) is 21.5. The Kier molecular flexibility index (Phi) is 9.09. The Hall–Kier alpha value is -5.78. The van der Waals surface area contributed by atoms with E-state index >= 15 is 0 Å². The highest BCUT2D eigenvalue weighted by Crippen LogP contribution is 2.64. The molecule has 3 nitrogen and oxygen atoms in total. The number of fused-ring (bicyclic) bond motifs is 15. The fourth-order valence-electron chi connectivity index (χ4n) is 14.8. The van der Waals surface area contributed by atoms with E-state index in [9.17, 15) is 0 Å². The van der Waals surface area contributed by atoms with Crippen molar-refractivity contribution in [3.05, 3.63) is 143 Å². The largest absolute Gasteiger partial charge is 0.456 e. The fourth-order valence-corrected chi connectivity index (χ4v) is 15.9. The van der Waals surface area contributed by atoms with E-state index in [4.69, 9.17) is 4.42 Å². The van der Waals surface area contributed by atoms with Crippen molar-refractivity contribution in [1.29, 1.82) is 0 Å². The molecular weight excluding hydrogens is 880 g/mol. The first-order chi connectivity index (χ1) is 34.0. The first-order valence-corrected chi connectivity index (χ1v) is 27.8. The van der Waals surface area contributed by atoms with Gasteiger partial charge in [-0.15, -0.1) is 11.3 Å². The predicted octanol–water partition coefficient (Wildman–Crippen LogP) is 17.6. The molecule has 1 saturated carbocycles. The minimum Gasteiger partial charge on any atom is -0.456 e. The van der Waals surface area contributed by atoms with Gasteiger partial charge in [0.2, 0.25) is 0 Å². The van der Waals surface area contributed by atoms with E-state index in [1.165, 1.54) is 160 Å². The molecular formula is C66H67BN2OS. The van der Waals surface area contributed by atoms with Crippen LogP contribution in [0.1, 0.15) is 148 Å². The average Bonchev–Trinajstić information content (AvgIpc) is 3.98. The summed E-state index contributed by atoms with van der Waals surface area (Å²) < 4.78 is 9.88. The van der Waals surface area contributed by atoms with Crippen LogP contribution in [0, 0.1) is 0 Å². The molecule has 0 spiro atoms. The van der Waals surface area contributed by atoms with Gasteiger partial charge in [0.05, 0.1) is 5.54 Å². The Morgan fingerprint density at radius 1 is 0.634 bits per heavy atom. The Morgan fingerprint density at radius 2 is 1.35 bits per heavy atom. The van der Waals surface area contributed by atoms with Crippen LogP contribution >= 0.6 is 11.3 Å². The van der Waals surface area contributed by atoms with E-state index in [1.54, 1.807) is 0 Å². The molecule has 5 aliphatic rings. The maximum atomic E-state index is 7.13. The van der Waals surface area contributed by atoms with E-state index in [-0.39, 0.29) is 34.0 Å². The van der Waals surface area contributed by atoms with Gasteiger partial charge in [-0.1, -0.05) is 148 Å². The number of thiophene rings is 1. The minimum atomic E-state index is -0.119. The van der Waals surface area contributed by atoms with Crippen molar-refractivity contribution in [2.75, 3.05) is 9.71 Å². The number of hydrogen-bond donors (Lipinski definition) is 0. The van der Waals surface area contributed by atoms with Crippen molar-refractivity contribution in [2.45, 2.75) is 154 Å². The third kappa shape index (κ3) is 5.90. The lowest BCUT2D eigenvalue weighted by molar-refractivity contribution is 0.195. The minimum absolute atomic E-state index is 0.0311. The number of unbranched alkanes of at least 4 members (excludes halogenated alkanes) is 1. The van der Waals surface area contributed by atoms with Gasteiger partial charge in [0.1, 0.15) is 11.2 Å². The van der Waals surface area contributed by atoms with Gasteiger partial charge in [0, 0.05) is 76.3 Å². The van der Waals surface area contributed by atoms with Gasteiger partial charge in [-0.3, -0.25) is 0 Å². The molecule has 0 bridgehead atoms. The first kappa shape index (κ1) is 44.0. The number of para-hydroxylation sites is 1. The summed E-state index contributed by atoms with van der Waals surface area (Å²) in [5, 5.41) is 5.20. The van der Waals surface area contributed by atoms with Crippen molar-refractivity contribution in [1.82, 2.24) is 0 Å². The molecule has 1 fully saturated rings. The summed E-state index contributed by atoms with van der Waals surface area (Å²) in [6.45, 7) is 24.6. The summed E-state index contributed by atoms with van der Waals surface area (Å²) in [4.78, 5) is 5.73. The average molecular weight is 947 g/mol. The van der Waals surface area contributed by atoms with Gasteiger partial charge in [0.25, 0.3) is 0 Å². The summed E-state index contributed by atoms with van der Waals surface area (Å²) in [7, 11) is 0. The summed E-state index contributed by atoms with van der Waals surface area (Å²) in [6, 6.07) is 45.9. The summed E-state index contributed by atoms with van der Waals surface area (Å²) >= 11 is 2.00. The molecule has 2 aromatic heterocycles. The summed E-state index contributed by atoms with van der Waals surface area (Å²) in [5.74, 6) is 0. The Bertz CT molecular complexity index is 3750. The number of benzene rings is 7. The van der Waals surface area contributed by atoms with Crippen molar-refractivity contribution in [3.8, 4) is 22.3 Å². The fraction of sp³-hybridized carbons (Fsp3) is 0.364. The molecule has 2 unspecified atom stereocenters. The molecule has 7 aromatic carbocycles. The molecule has 0 N–H and O–H groups in total. The number of rotatable bonds is 5. The Labute approximate surface area is 425 Å². The lowest BCUT2D eigenvalue weighted by Crippen LogP contribution is -2.64. The van der Waals surface area contributed by atoms with Gasteiger partial charge in [0.15, 0.2) is 0 Å². The highest BCUT2D eigenvalue weighted by Gasteiger charge is 2.62. The summed E-state index contributed by atoms with van der Waals surface area (Å²) in [5.41, 5.74) is 22.8. The molecule has 3 aliphatic heterocycles. The summed E-state index contributed by atoms with van der Waals surface area (Å²) in [6.07, 6.45) is 10.6. The lowest BCUT2D eigenvalue weighted by atomic mass is 9.42. The quantitative estimate of drug-likeness (QED) is 0.160. The van der Waals surface area contributed by atoms with E-state index in [0.29, 0.717) is 0 Å². The Morgan fingerprint density at radius 3 is 2.13 bits per heavy atom. The number of hydrogen-bond acceptors (Lipinski definition) is 4. The third-order valence-corrected chi connectivity index (χ3v) is 20.3. The third-order valence-electron chi connectivity index (χ3n) is 19.2. The van der Waals surface area contributed by atoms with E-state index in [2.05, 4.69) is 194 Å². The second-order valence-electron chi connectivity index (χ2n) is 25.2. The van der Waals surface area contributed by atoms with Gasteiger partial charge in [-0.05, 0) is 154 Å². The molecule has 9 aromatic rings. The molecule has 14 rings (SSSR count). The SMILES string of the molecule is CCCCc1ccc(N2B3c4cc(C(C)(C)C)cc5c4N(c4cc6oc7ccccc7c6c(c43)-c3cc4c(cc32)sc2cc3c(cc24)C(C)(C)CCC3(C)C)C2(C)CCCCC52C)c(-c2ccccc2)c1. The predicted molar refractivity (Wildman–Crippen MR) is 306 cm³/mol. The van der Waals surface area contributed by atoms with Crippen molar-refractivity contribution < 1.29 is 4.42 Å². The van der Waals surface area contributed by atoms with Crippen LogP contribution < -0.4 is 20.6 Å². The molecule has 0 saturated heterocycles. The molecule has 0 amide bonds. The van der Waals surface area contributed by atoms with Crippen LogP contribution in [0.5, 0.6) is 0 Å². The Balaban J connectivity index is 1.17. The first-order valence-electron chi connectivity index (χ1n) is 27.0. The van der Waals surface area contributed by atoms with Crippen molar-refractivity contribution in [3.63, 3.8) is 0 Å². The molecule has 2 aliphatic carbocycles. The van der Waals surface area contributed by atoms with Crippen LogP contribution in [-0.4, -0.2) is 12.4 Å². The van der Waals surface area contributed by atoms with Crippen LogP contribution in [0.15, 0.2) is 120 Å².